The van der Waals surface area contributed by atoms with Crippen LogP contribution in [0.3, 0.4) is 0 Å². The predicted octanol–water partition coefficient (Wildman–Crippen LogP) is 4.28. The van der Waals surface area contributed by atoms with E-state index < -0.39 is 23.6 Å². The Morgan fingerprint density at radius 3 is 2.68 bits per heavy atom. The van der Waals surface area contributed by atoms with Crippen LogP contribution in [0.15, 0.2) is 43.9 Å². The van der Waals surface area contributed by atoms with Gasteiger partial charge in [-0.15, -0.1) is 0 Å². The smallest absolute Gasteiger partial charge is 0.412 e. The number of halogens is 1. The van der Waals surface area contributed by atoms with E-state index in [4.69, 9.17) is 29.7 Å². The first-order valence-corrected chi connectivity index (χ1v) is 10.4. The highest BCUT2D eigenvalue weighted by atomic mass is 35.5. The Balaban J connectivity index is 1.27. The van der Waals surface area contributed by atoms with Crippen molar-refractivity contribution in [1.29, 1.82) is 0 Å². The Labute approximate surface area is 196 Å². The minimum Gasteiger partial charge on any atom is -0.480 e. The van der Waals surface area contributed by atoms with Crippen molar-refractivity contribution in [3.63, 3.8) is 0 Å². The normalized spacial score (nSPS) is 14.8. The number of fused-ring (bicyclic) bond motifs is 1. The fourth-order valence-corrected chi connectivity index (χ4v) is 3.53. The number of carbonyl (C=O) groups excluding carboxylic acids is 1. The molecule has 11 nitrogen and oxygen atoms in total. The van der Waals surface area contributed by atoms with E-state index in [0.29, 0.717) is 23.4 Å². The molecule has 1 fully saturated rings. The molecule has 0 aliphatic heterocycles. The number of amides is 1. The molecule has 34 heavy (non-hydrogen) atoms. The lowest BCUT2D eigenvalue weighted by atomic mass is 10.1. The Hall–Kier alpha value is -4.30. The Morgan fingerprint density at radius 1 is 1.21 bits per heavy atom. The largest absolute Gasteiger partial charge is 0.480 e. The lowest BCUT2D eigenvalue weighted by Gasteiger charge is -2.14. The van der Waals surface area contributed by atoms with Crippen molar-refractivity contribution in [2.75, 3.05) is 5.32 Å². The van der Waals surface area contributed by atoms with Gasteiger partial charge in [-0.2, -0.15) is 9.97 Å². The van der Waals surface area contributed by atoms with Gasteiger partial charge >= 0.3 is 12.1 Å². The van der Waals surface area contributed by atoms with Gasteiger partial charge in [-0.3, -0.25) is 10.1 Å². The number of benzene rings is 1. The first-order chi connectivity index (χ1) is 16.4. The molecule has 0 saturated heterocycles. The van der Waals surface area contributed by atoms with Crippen molar-refractivity contribution in [3.8, 4) is 11.8 Å². The molecule has 1 aliphatic rings. The van der Waals surface area contributed by atoms with Crippen molar-refractivity contribution in [1.82, 2.24) is 15.1 Å². The highest BCUT2D eigenvalue weighted by Crippen LogP contribution is 2.48. The van der Waals surface area contributed by atoms with Gasteiger partial charge in [-0.1, -0.05) is 35.0 Å². The minimum atomic E-state index is -1.10. The van der Waals surface area contributed by atoms with Gasteiger partial charge in [0.05, 0.1) is 0 Å². The first-order valence-electron chi connectivity index (χ1n) is 10.1. The van der Waals surface area contributed by atoms with E-state index in [-0.39, 0.29) is 34.6 Å². The van der Waals surface area contributed by atoms with Gasteiger partial charge in [0.2, 0.25) is 5.89 Å². The van der Waals surface area contributed by atoms with Crippen LogP contribution >= 0.6 is 11.6 Å². The lowest BCUT2D eigenvalue weighted by molar-refractivity contribution is -0.140. The molecular weight excluding hydrogens is 468 g/mol. The molecule has 4 aromatic rings. The Bertz CT molecular complexity index is 1440. The molecule has 12 heteroatoms. The summed E-state index contributed by atoms with van der Waals surface area (Å²) in [7, 11) is 0. The Morgan fingerprint density at radius 2 is 1.97 bits per heavy atom. The summed E-state index contributed by atoms with van der Waals surface area (Å²) in [6.45, 7) is 1.69. The summed E-state index contributed by atoms with van der Waals surface area (Å²) in [5, 5.41) is 16.1. The number of anilines is 1. The second-order valence-corrected chi connectivity index (χ2v) is 7.96. The summed E-state index contributed by atoms with van der Waals surface area (Å²) in [6, 6.07) is 7.03. The molecule has 1 aromatic carbocycles. The van der Waals surface area contributed by atoms with Crippen LogP contribution in [0.25, 0.3) is 11.4 Å². The number of carbonyl (C=O) groups is 2. The van der Waals surface area contributed by atoms with Gasteiger partial charge in [-0.05, 0) is 31.8 Å². The summed E-state index contributed by atoms with van der Waals surface area (Å²) in [5.41, 5.74) is -0.0744. The van der Waals surface area contributed by atoms with Crippen molar-refractivity contribution < 1.29 is 32.8 Å². The van der Waals surface area contributed by atoms with E-state index in [1.807, 2.05) is 0 Å². The van der Waals surface area contributed by atoms with Crippen LogP contribution in [0.2, 0.25) is 5.02 Å². The van der Waals surface area contributed by atoms with Crippen LogP contribution in [0.4, 0.5) is 10.5 Å². The number of nitrogens with zero attached hydrogens (tertiary/aromatic N) is 3. The van der Waals surface area contributed by atoms with Gasteiger partial charge in [0.15, 0.2) is 5.69 Å². The topological polar surface area (TPSA) is 154 Å². The van der Waals surface area contributed by atoms with Gasteiger partial charge < -0.3 is 23.2 Å². The van der Waals surface area contributed by atoms with Gasteiger partial charge in [0, 0.05) is 16.5 Å². The summed E-state index contributed by atoms with van der Waals surface area (Å²) in [6.07, 6.45) is 0.733. The van der Waals surface area contributed by atoms with Crippen LogP contribution in [0.5, 0.6) is 0 Å². The summed E-state index contributed by atoms with van der Waals surface area (Å²) < 4.78 is 21.1. The van der Waals surface area contributed by atoms with Gasteiger partial charge in [0.25, 0.3) is 17.3 Å². The maximum absolute atomic E-state index is 12.3. The average Bonchev–Trinajstić information content (AvgIpc) is 3.12. The third-order valence-electron chi connectivity index (χ3n) is 5.27. The van der Waals surface area contributed by atoms with E-state index in [1.165, 1.54) is 6.26 Å². The van der Waals surface area contributed by atoms with Crippen LogP contribution in [-0.4, -0.2) is 32.3 Å². The zero-order valence-electron chi connectivity index (χ0n) is 17.5. The summed E-state index contributed by atoms with van der Waals surface area (Å²) in [4.78, 5) is 31.8. The monoisotopic (exact) mass is 482 g/mol. The predicted molar refractivity (Wildman–Crippen MR) is 115 cm³/mol. The molecule has 0 radical (unpaired) electrons. The molecule has 1 saturated carbocycles. The summed E-state index contributed by atoms with van der Waals surface area (Å²) >= 11 is 6.13. The van der Waals surface area contributed by atoms with Crippen molar-refractivity contribution in [3.05, 3.63) is 58.6 Å². The quantitative estimate of drug-likeness (QED) is 0.394. The van der Waals surface area contributed by atoms with Crippen LogP contribution in [0.1, 0.15) is 48.9 Å². The van der Waals surface area contributed by atoms with Crippen molar-refractivity contribution in [2.24, 2.45) is 0 Å². The second-order valence-electron chi connectivity index (χ2n) is 7.56. The minimum absolute atomic E-state index is 0.0307. The molecule has 172 valence electrons. The maximum atomic E-state index is 12.3. The zero-order valence-corrected chi connectivity index (χ0v) is 18.3. The number of hydrogen-bond acceptors (Lipinski definition) is 9. The highest BCUT2D eigenvalue weighted by molar-refractivity contribution is 6.31. The molecule has 3 aromatic heterocycles. The molecule has 0 bridgehead atoms. The molecule has 3 heterocycles. The molecule has 2 N–H and O–H groups in total. The highest BCUT2D eigenvalue weighted by Gasteiger charge is 2.56. The van der Waals surface area contributed by atoms with E-state index in [2.05, 4.69) is 32.3 Å². The van der Waals surface area contributed by atoms with E-state index in [1.54, 1.807) is 31.2 Å². The summed E-state index contributed by atoms with van der Waals surface area (Å²) in [5.74, 6) is 4.33. The van der Waals surface area contributed by atoms with E-state index in [9.17, 15) is 14.7 Å². The molecule has 1 atom stereocenters. The first kappa shape index (κ1) is 21.5. The molecule has 1 amide bonds. The molecule has 5 rings (SSSR count). The van der Waals surface area contributed by atoms with Crippen LogP contribution in [-0.2, 0) is 14.9 Å². The third kappa shape index (κ3) is 3.95. The number of carboxylic acid groups (broad SMARTS) is 1. The van der Waals surface area contributed by atoms with Gasteiger partial charge in [-0.25, -0.2) is 4.79 Å². The molecule has 1 unspecified atom stereocenters. The average molecular weight is 483 g/mol. The van der Waals surface area contributed by atoms with Crippen LogP contribution < -0.4 is 5.32 Å². The number of ether oxygens (including phenoxy) is 1. The SMILES string of the molecule is CC(OC(=O)Nc1conc1C#Cc1nc2oc(C3(C(=O)O)CC3)nc2o1)c1ccccc1Cl. The maximum Gasteiger partial charge on any atom is 0.412 e. The number of aromatic nitrogens is 3. The number of rotatable bonds is 5. The Kier molecular flexibility index (Phi) is 5.22. The number of carboxylic acids is 1. The lowest BCUT2D eigenvalue weighted by Crippen LogP contribution is -2.19. The third-order valence-corrected chi connectivity index (χ3v) is 5.61. The molecule has 1 aliphatic carbocycles. The number of nitrogens with one attached hydrogen (secondary N) is 1. The van der Waals surface area contributed by atoms with Crippen molar-refractivity contribution in [2.45, 2.75) is 31.3 Å². The standard InChI is InChI=1S/C22H15ClN4O7/c1-11(12-4-2-3-5-13(12)23)32-21(30)24-15-10-31-27-14(15)6-7-16-25-17-18(33-16)26-19(34-17)22(8-9-22)20(28)29/h2-5,10-11H,8-9H2,1H3,(H,24,30)(H,28,29). The number of aliphatic carboxylic acids is 1. The molecule has 0 spiro atoms. The number of oxazole rings is 2. The van der Waals surface area contributed by atoms with Gasteiger partial charge in [0.1, 0.15) is 23.5 Å². The second kappa shape index (κ2) is 8.24. The zero-order chi connectivity index (χ0) is 23.9. The molecular formula is C22H15ClN4O7. The fourth-order valence-electron chi connectivity index (χ4n) is 3.24. The van der Waals surface area contributed by atoms with Crippen molar-refractivity contribution >= 4 is 40.8 Å². The van der Waals surface area contributed by atoms with Crippen LogP contribution in [0, 0.1) is 11.8 Å². The van der Waals surface area contributed by atoms with E-state index >= 15 is 0 Å². The number of hydrogen-bond donors (Lipinski definition) is 2. The fraction of sp³-hybridized carbons (Fsp3) is 0.227. The van der Waals surface area contributed by atoms with E-state index in [0.717, 1.165) is 0 Å².